The lowest BCUT2D eigenvalue weighted by Crippen LogP contribution is -2.01. The van der Waals surface area contributed by atoms with Gasteiger partial charge in [-0.1, -0.05) is 35.4 Å². The van der Waals surface area contributed by atoms with Crippen molar-refractivity contribution in [1.82, 2.24) is 0 Å². The van der Waals surface area contributed by atoms with E-state index in [0.717, 1.165) is 16.7 Å². The van der Waals surface area contributed by atoms with Crippen molar-refractivity contribution in [3.05, 3.63) is 53.1 Å². The molecule has 0 radical (unpaired) electrons. The number of anilines is 1. The molecule has 3 nitrogen and oxygen atoms in total. The van der Waals surface area contributed by atoms with E-state index in [4.69, 9.17) is 5.73 Å². The molecule has 2 aromatic rings. The minimum Gasteiger partial charge on any atom is -0.478 e. The summed E-state index contributed by atoms with van der Waals surface area (Å²) >= 11 is 0. The average Bonchev–Trinajstić information content (AvgIpc) is 2.27. The Morgan fingerprint density at radius 2 is 1.67 bits per heavy atom. The summed E-state index contributed by atoms with van der Waals surface area (Å²) < 4.78 is 0. The smallest absolute Gasteiger partial charge is 0.336 e. The van der Waals surface area contributed by atoms with E-state index in [0.29, 0.717) is 11.3 Å². The van der Waals surface area contributed by atoms with Gasteiger partial charge in [-0.25, -0.2) is 4.79 Å². The second-order valence-electron chi connectivity index (χ2n) is 4.49. The molecule has 0 bridgehead atoms. The molecule has 3 N–H and O–H groups in total. The first kappa shape index (κ1) is 12.2. The van der Waals surface area contributed by atoms with Crippen LogP contribution in [0.4, 0.5) is 5.69 Å². The fraction of sp³-hybridized carbons (Fsp3) is 0.133. The van der Waals surface area contributed by atoms with E-state index in [9.17, 15) is 9.90 Å². The number of nitrogens with two attached hydrogens (primary N) is 1. The van der Waals surface area contributed by atoms with Crippen LogP contribution in [0.1, 0.15) is 21.5 Å². The molecule has 0 aliphatic rings. The van der Waals surface area contributed by atoms with Crippen LogP contribution in [0, 0.1) is 13.8 Å². The number of hydrogen-bond donors (Lipinski definition) is 2. The lowest BCUT2D eigenvalue weighted by molar-refractivity contribution is 0.0698. The summed E-state index contributed by atoms with van der Waals surface area (Å²) in [6.07, 6.45) is 0. The Kier molecular flexibility index (Phi) is 3.06. The van der Waals surface area contributed by atoms with Gasteiger partial charge in [-0.3, -0.25) is 0 Å². The van der Waals surface area contributed by atoms with Gasteiger partial charge in [0.1, 0.15) is 0 Å². The van der Waals surface area contributed by atoms with Gasteiger partial charge in [0.15, 0.2) is 0 Å². The first-order valence-corrected chi connectivity index (χ1v) is 5.69. The lowest BCUT2D eigenvalue weighted by atomic mass is 9.96. The van der Waals surface area contributed by atoms with E-state index in [2.05, 4.69) is 6.07 Å². The molecule has 0 aliphatic carbocycles. The van der Waals surface area contributed by atoms with Gasteiger partial charge in [-0.2, -0.15) is 0 Å². The van der Waals surface area contributed by atoms with Crippen molar-refractivity contribution in [1.29, 1.82) is 0 Å². The SMILES string of the molecule is Cc1cc(C)cc(-c2ccc(N)cc2C(=O)O)c1. The Balaban J connectivity index is 2.66. The van der Waals surface area contributed by atoms with E-state index in [1.165, 1.54) is 6.07 Å². The lowest BCUT2D eigenvalue weighted by Gasteiger charge is -2.09. The van der Waals surface area contributed by atoms with Crippen LogP contribution < -0.4 is 5.73 Å². The van der Waals surface area contributed by atoms with Crippen LogP contribution in [-0.2, 0) is 0 Å². The summed E-state index contributed by atoms with van der Waals surface area (Å²) in [5, 5.41) is 9.23. The third-order valence-electron chi connectivity index (χ3n) is 2.81. The molecule has 92 valence electrons. The van der Waals surface area contributed by atoms with E-state index >= 15 is 0 Å². The molecule has 2 rings (SSSR count). The average molecular weight is 241 g/mol. The number of benzene rings is 2. The molecule has 0 heterocycles. The molecular weight excluding hydrogens is 226 g/mol. The maximum absolute atomic E-state index is 11.3. The van der Waals surface area contributed by atoms with Gasteiger partial charge in [-0.05, 0) is 37.1 Å². The van der Waals surface area contributed by atoms with Crippen LogP contribution in [0.2, 0.25) is 0 Å². The summed E-state index contributed by atoms with van der Waals surface area (Å²) in [4.78, 5) is 11.3. The Hall–Kier alpha value is -2.29. The number of carboxylic acid groups (broad SMARTS) is 1. The molecule has 0 fully saturated rings. The number of nitrogen functional groups attached to an aromatic ring is 1. The Morgan fingerprint density at radius 1 is 1.06 bits per heavy atom. The van der Waals surface area contributed by atoms with Crippen LogP contribution in [0.5, 0.6) is 0 Å². The Labute approximate surface area is 106 Å². The topological polar surface area (TPSA) is 63.3 Å². The number of aromatic carboxylic acids is 1. The van der Waals surface area contributed by atoms with Crippen LogP contribution in [-0.4, -0.2) is 11.1 Å². The molecular formula is C15H15NO2. The standard InChI is InChI=1S/C15H15NO2/c1-9-5-10(2)7-11(6-9)13-4-3-12(16)8-14(13)15(17)18/h3-8H,16H2,1-2H3,(H,17,18). The van der Waals surface area contributed by atoms with E-state index in [-0.39, 0.29) is 5.56 Å². The zero-order chi connectivity index (χ0) is 13.3. The van der Waals surface area contributed by atoms with E-state index in [1.807, 2.05) is 26.0 Å². The molecule has 0 unspecified atom stereocenters. The first-order chi connectivity index (χ1) is 8.47. The molecule has 0 amide bonds. The van der Waals surface area contributed by atoms with Crippen molar-refractivity contribution in [2.75, 3.05) is 5.73 Å². The van der Waals surface area contributed by atoms with Crippen molar-refractivity contribution in [3.63, 3.8) is 0 Å². The normalized spacial score (nSPS) is 10.3. The van der Waals surface area contributed by atoms with Gasteiger partial charge in [0.25, 0.3) is 0 Å². The fourth-order valence-electron chi connectivity index (χ4n) is 2.12. The van der Waals surface area contributed by atoms with Crippen LogP contribution in [0.3, 0.4) is 0 Å². The minimum absolute atomic E-state index is 0.236. The second kappa shape index (κ2) is 4.53. The van der Waals surface area contributed by atoms with Crippen LogP contribution >= 0.6 is 0 Å². The molecule has 0 aromatic heterocycles. The molecule has 0 saturated heterocycles. The predicted octanol–water partition coefficient (Wildman–Crippen LogP) is 3.25. The van der Waals surface area contributed by atoms with Gasteiger partial charge in [0.05, 0.1) is 5.56 Å². The minimum atomic E-state index is -0.962. The predicted molar refractivity (Wildman–Crippen MR) is 72.7 cm³/mol. The number of aryl methyl sites for hydroxylation is 2. The van der Waals surface area contributed by atoms with Crippen molar-refractivity contribution in [3.8, 4) is 11.1 Å². The van der Waals surface area contributed by atoms with Crippen molar-refractivity contribution < 1.29 is 9.90 Å². The van der Waals surface area contributed by atoms with Crippen molar-refractivity contribution in [2.24, 2.45) is 0 Å². The maximum atomic E-state index is 11.3. The summed E-state index contributed by atoms with van der Waals surface area (Å²) in [5.41, 5.74) is 10.2. The van der Waals surface area contributed by atoms with Crippen LogP contribution in [0.25, 0.3) is 11.1 Å². The van der Waals surface area contributed by atoms with Gasteiger partial charge < -0.3 is 10.8 Å². The number of carbonyl (C=O) groups is 1. The highest BCUT2D eigenvalue weighted by Crippen LogP contribution is 2.27. The third-order valence-corrected chi connectivity index (χ3v) is 2.81. The second-order valence-corrected chi connectivity index (χ2v) is 4.49. The highest BCUT2D eigenvalue weighted by molar-refractivity contribution is 5.97. The molecule has 18 heavy (non-hydrogen) atoms. The zero-order valence-electron chi connectivity index (χ0n) is 10.4. The molecule has 0 saturated carbocycles. The molecule has 0 spiro atoms. The highest BCUT2D eigenvalue weighted by atomic mass is 16.4. The Morgan fingerprint density at radius 3 is 2.22 bits per heavy atom. The van der Waals surface area contributed by atoms with Crippen LogP contribution in [0.15, 0.2) is 36.4 Å². The third kappa shape index (κ3) is 2.35. The largest absolute Gasteiger partial charge is 0.478 e. The number of hydrogen-bond acceptors (Lipinski definition) is 2. The molecule has 3 heteroatoms. The van der Waals surface area contributed by atoms with Gasteiger partial charge in [-0.15, -0.1) is 0 Å². The van der Waals surface area contributed by atoms with Crippen molar-refractivity contribution >= 4 is 11.7 Å². The number of rotatable bonds is 2. The fourth-order valence-corrected chi connectivity index (χ4v) is 2.12. The first-order valence-electron chi connectivity index (χ1n) is 5.69. The van der Waals surface area contributed by atoms with E-state index < -0.39 is 5.97 Å². The number of carboxylic acids is 1. The van der Waals surface area contributed by atoms with Gasteiger partial charge in [0, 0.05) is 5.69 Å². The highest BCUT2D eigenvalue weighted by Gasteiger charge is 2.12. The van der Waals surface area contributed by atoms with Gasteiger partial charge in [0.2, 0.25) is 0 Å². The maximum Gasteiger partial charge on any atom is 0.336 e. The molecule has 2 aromatic carbocycles. The summed E-state index contributed by atoms with van der Waals surface area (Å²) in [7, 11) is 0. The van der Waals surface area contributed by atoms with Crippen molar-refractivity contribution in [2.45, 2.75) is 13.8 Å². The summed E-state index contributed by atoms with van der Waals surface area (Å²) in [6.45, 7) is 3.99. The van der Waals surface area contributed by atoms with Gasteiger partial charge >= 0.3 is 5.97 Å². The summed E-state index contributed by atoms with van der Waals surface area (Å²) in [5.74, 6) is -0.962. The molecule has 0 aliphatic heterocycles. The Bertz CT molecular complexity index is 598. The summed E-state index contributed by atoms with van der Waals surface area (Å²) in [6, 6.07) is 11.0. The monoisotopic (exact) mass is 241 g/mol. The quantitative estimate of drug-likeness (QED) is 0.793. The molecule has 0 atom stereocenters. The van der Waals surface area contributed by atoms with E-state index in [1.54, 1.807) is 12.1 Å². The zero-order valence-corrected chi connectivity index (χ0v) is 10.4.